The summed E-state index contributed by atoms with van der Waals surface area (Å²) in [6.07, 6.45) is 8.18. The lowest BCUT2D eigenvalue weighted by molar-refractivity contribution is 0.0927. The first-order valence-electron chi connectivity index (χ1n) is 16.2. The van der Waals surface area contributed by atoms with E-state index < -0.39 is 15.9 Å². The molecule has 0 bridgehead atoms. The fourth-order valence-corrected chi connectivity index (χ4v) is 7.23. The monoisotopic (exact) mass is 623 g/mol. The van der Waals surface area contributed by atoms with E-state index in [0.29, 0.717) is 43.1 Å². The third-order valence-corrected chi connectivity index (χ3v) is 11.0. The maximum absolute atomic E-state index is 13.2. The molecule has 12 heteroatoms. The lowest BCUT2D eigenvalue weighted by atomic mass is 9.80. The SMILES string of the molecule is CCS(=O)(=O)NC(=O)c1nc(N[C@H](C)C2CCC2)c2c(n1)nc(N1CCOC[C@H]1c1ccccc1)n2C[C@H]1CC[C@H](C)CC1. The number of imidazole rings is 1. The van der Waals surface area contributed by atoms with Gasteiger partial charge in [-0.25, -0.2) is 23.1 Å². The minimum Gasteiger partial charge on any atom is -0.377 e. The van der Waals surface area contributed by atoms with Crippen LogP contribution in [0, 0.1) is 17.8 Å². The van der Waals surface area contributed by atoms with Crippen molar-refractivity contribution >= 4 is 38.9 Å². The van der Waals surface area contributed by atoms with Crippen molar-refractivity contribution in [1.82, 2.24) is 24.2 Å². The molecule has 238 valence electrons. The summed E-state index contributed by atoms with van der Waals surface area (Å²) in [6.45, 7) is 8.49. The molecule has 0 spiro atoms. The second-order valence-corrected chi connectivity index (χ2v) is 14.9. The number of carbonyl (C=O) groups is 1. The molecule has 11 nitrogen and oxygen atoms in total. The smallest absolute Gasteiger partial charge is 0.302 e. The molecule has 0 radical (unpaired) electrons. The maximum atomic E-state index is 13.2. The number of ether oxygens (including phenoxy) is 1. The molecule has 3 aromatic rings. The van der Waals surface area contributed by atoms with Crippen LogP contribution in [0.3, 0.4) is 0 Å². The Morgan fingerprint density at radius 3 is 2.50 bits per heavy atom. The Morgan fingerprint density at radius 1 is 1.07 bits per heavy atom. The van der Waals surface area contributed by atoms with Crippen LogP contribution in [0.4, 0.5) is 11.8 Å². The number of benzene rings is 1. The summed E-state index contributed by atoms with van der Waals surface area (Å²) in [4.78, 5) is 29.9. The van der Waals surface area contributed by atoms with Crippen LogP contribution in [-0.2, 0) is 21.3 Å². The van der Waals surface area contributed by atoms with Crippen LogP contribution in [0.25, 0.3) is 11.2 Å². The van der Waals surface area contributed by atoms with Crippen LogP contribution in [0.15, 0.2) is 30.3 Å². The first kappa shape index (κ1) is 30.8. The number of hydrogen-bond donors (Lipinski definition) is 2. The second kappa shape index (κ2) is 13.0. The average molecular weight is 624 g/mol. The fraction of sp³-hybridized carbons (Fsp3) is 0.625. The number of fused-ring (bicyclic) bond motifs is 1. The molecule has 2 N–H and O–H groups in total. The highest BCUT2D eigenvalue weighted by molar-refractivity contribution is 7.90. The third kappa shape index (κ3) is 6.56. The van der Waals surface area contributed by atoms with Gasteiger partial charge in [0.05, 0.1) is 25.0 Å². The molecule has 2 aromatic heterocycles. The molecule has 3 aliphatic rings. The van der Waals surface area contributed by atoms with Crippen LogP contribution in [0.2, 0.25) is 0 Å². The predicted molar refractivity (Wildman–Crippen MR) is 171 cm³/mol. The van der Waals surface area contributed by atoms with E-state index in [0.717, 1.165) is 55.2 Å². The predicted octanol–water partition coefficient (Wildman–Crippen LogP) is 4.91. The number of aromatic nitrogens is 4. The highest BCUT2D eigenvalue weighted by Crippen LogP contribution is 2.38. The molecule has 2 saturated carbocycles. The van der Waals surface area contributed by atoms with Crippen molar-refractivity contribution in [2.24, 2.45) is 17.8 Å². The van der Waals surface area contributed by atoms with Gasteiger partial charge < -0.3 is 19.5 Å². The van der Waals surface area contributed by atoms with Crippen LogP contribution in [0.1, 0.15) is 87.9 Å². The topological polar surface area (TPSA) is 131 Å². The van der Waals surface area contributed by atoms with Gasteiger partial charge in [-0.15, -0.1) is 0 Å². The van der Waals surface area contributed by atoms with E-state index in [9.17, 15) is 13.2 Å². The van der Waals surface area contributed by atoms with E-state index in [-0.39, 0.29) is 23.7 Å². The van der Waals surface area contributed by atoms with Gasteiger partial charge in [0.25, 0.3) is 0 Å². The van der Waals surface area contributed by atoms with Gasteiger partial charge in [0.15, 0.2) is 11.5 Å². The Kier molecular flexibility index (Phi) is 9.09. The highest BCUT2D eigenvalue weighted by atomic mass is 32.2. The molecule has 6 rings (SSSR count). The Balaban J connectivity index is 1.49. The summed E-state index contributed by atoms with van der Waals surface area (Å²) in [5, 5.41) is 3.62. The van der Waals surface area contributed by atoms with Crippen molar-refractivity contribution in [2.75, 3.05) is 35.7 Å². The van der Waals surface area contributed by atoms with Gasteiger partial charge in [0.1, 0.15) is 5.52 Å². The Bertz CT molecular complexity index is 1570. The maximum Gasteiger partial charge on any atom is 0.302 e. The number of nitrogens with one attached hydrogen (secondary N) is 2. The Labute approximate surface area is 260 Å². The van der Waals surface area contributed by atoms with E-state index in [1.807, 2.05) is 18.2 Å². The molecule has 1 saturated heterocycles. The lowest BCUT2D eigenvalue weighted by Crippen LogP contribution is -2.41. The van der Waals surface area contributed by atoms with Crippen LogP contribution >= 0.6 is 0 Å². The Morgan fingerprint density at radius 2 is 1.82 bits per heavy atom. The molecule has 3 heterocycles. The van der Waals surface area contributed by atoms with Crippen molar-refractivity contribution in [2.45, 2.75) is 84.3 Å². The van der Waals surface area contributed by atoms with Crippen molar-refractivity contribution < 1.29 is 17.9 Å². The number of anilines is 2. The molecular formula is C32H45N7O4S. The zero-order valence-corrected chi connectivity index (χ0v) is 26.9. The van der Waals surface area contributed by atoms with E-state index in [2.05, 4.69) is 50.5 Å². The number of hydrogen-bond acceptors (Lipinski definition) is 9. The summed E-state index contributed by atoms with van der Waals surface area (Å²) in [6, 6.07) is 10.4. The molecular weight excluding hydrogens is 578 g/mol. The largest absolute Gasteiger partial charge is 0.377 e. The summed E-state index contributed by atoms with van der Waals surface area (Å²) in [7, 11) is -3.79. The normalized spacial score (nSPS) is 23.7. The number of nitrogens with zero attached hydrogens (tertiary/aromatic N) is 5. The highest BCUT2D eigenvalue weighted by Gasteiger charge is 2.33. The summed E-state index contributed by atoms with van der Waals surface area (Å²) < 4.78 is 34.9. The third-order valence-electron chi connectivity index (χ3n) is 9.78. The van der Waals surface area contributed by atoms with Crippen molar-refractivity contribution in [3.05, 3.63) is 41.7 Å². The molecule has 2 aliphatic carbocycles. The lowest BCUT2D eigenvalue weighted by Gasteiger charge is -2.37. The van der Waals surface area contributed by atoms with E-state index in [1.54, 1.807) is 0 Å². The summed E-state index contributed by atoms with van der Waals surface area (Å²) in [5.74, 6) is 1.76. The van der Waals surface area contributed by atoms with Gasteiger partial charge in [-0.05, 0) is 62.8 Å². The standard InChI is InChI=1S/C32H45N7O4S/c1-4-44(41,42)37-31(40)30-34-28(33-22(3)24-11-8-12-24)27-29(35-30)36-32(39(27)19-23-15-13-21(2)14-16-23)38-17-18-43-20-26(38)25-9-6-5-7-10-25/h5-7,9-10,21-24,26H,4,8,11-20H2,1-3H3,(H,37,40)(H,33,34,35)/t21-,22-,23-,26+/m1/s1. The molecule has 1 aromatic carbocycles. The second-order valence-electron chi connectivity index (χ2n) is 12.9. The van der Waals surface area contributed by atoms with Crippen molar-refractivity contribution in [1.29, 1.82) is 0 Å². The van der Waals surface area contributed by atoms with Gasteiger partial charge in [0, 0.05) is 19.1 Å². The summed E-state index contributed by atoms with van der Waals surface area (Å²) in [5.41, 5.74) is 2.29. The van der Waals surface area contributed by atoms with Gasteiger partial charge >= 0.3 is 5.91 Å². The number of rotatable bonds is 10. The van der Waals surface area contributed by atoms with Gasteiger partial charge in [-0.1, -0.05) is 56.5 Å². The van der Waals surface area contributed by atoms with Crippen LogP contribution in [0.5, 0.6) is 0 Å². The number of carbonyl (C=O) groups excluding carboxylic acids is 1. The van der Waals surface area contributed by atoms with Crippen LogP contribution < -0.4 is 14.9 Å². The van der Waals surface area contributed by atoms with E-state index in [1.165, 1.54) is 26.2 Å². The van der Waals surface area contributed by atoms with E-state index >= 15 is 0 Å². The van der Waals surface area contributed by atoms with E-state index in [4.69, 9.17) is 14.7 Å². The van der Waals surface area contributed by atoms with Crippen LogP contribution in [-0.4, -0.2) is 65.4 Å². The quantitative estimate of drug-likeness (QED) is 0.323. The first-order chi connectivity index (χ1) is 21.2. The molecule has 2 atom stereocenters. The van der Waals surface area contributed by atoms with Crippen molar-refractivity contribution in [3.8, 4) is 0 Å². The fourth-order valence-electron chi connectivity index (χ4n) is 6.72. The number of morpholine rings is 1. The first-order valence-corrected chi connectivity index (χ1v) is 17.9. The molecule has 44 heavy (non-hydrogen) atoms. The molecule has 0 unspecified atom stereocenters. The minimum absolute atomic E-state index is 0.0392. The zero-order valence-electron chi connectivity index (χ0n) is 26.0. The number of amides is 1. The van der Waals surface area contributed by atoms with Gasteiger partial charge in [0.2, 0.25) is 21.8 Å². The minimum atomic E-state index is -3.79. The molecule has 3 fully saturated rings. The molecule has 1 aliphatic heterocycles. The zero-order chi connectivity index (χ0) is 30.8. The van der Waals surface area contributed by atoms with Gasteiger partial charge in [-0.2, -0.15) is 4.98 Å². The summed E-state index contributed by atoms with van der Waals surface area (Å²) >= 11 is 0. The molecule has 1 amide bonds. The average Bonchev–Trinajstić information content (AvgIpc) is 3.35. The van der Waals surface area contributed by atoms with Gasteiger partial charge in [-0.3, -0.25) is 4.79 Å². The number of sulfonamides is 1. The van der Waals surface area contributed by atoms with Crippen molar-refractivity contribution in [3.63, 3.8) is 0 Å². The Hall–Kier alpha value is -3.25.